The van der Waals surface area contributed by atoms with Crippen molar-refractivity contribution in [2.24, 2.45) is 5.92 Å². The van der Waals surface area contributed by atoms with Crippen molar-refractivity contribution in [3.8, 4) is 0 Å². The van der Waals surface area contributed by atoms with Gasteiger partial charge in [-0.25, -0.2) is 0 Å². The highest BCUT2D eigenvalue weighted by atomic mass is 35.5. The first kappa shape index (κ1) is 27.4. The maximum atomic E-state index is 11.6. The van der Waals surface area contributed by atoms with Gasteiger partial charge in [0.1, 0.15) is 6.10 Å². The number of carbonyl (C=O) groups is 2. The van der Waals surface area contributed by atoms with Crippen molar-refractivity contribution in [2.75, 3.05) is 7.11 Å². The average molecular weight is 479 g/mol. The van der Waals surface area contributed by atoms with E-state index >= 15 is 0 Å². The van der Waals surface area contributed by atoms with Gasteiger partial charge < -0.3 is 14.6 Å². The topological polar surface area (TPSA) is 72.8 Å². The first-order valence-electron chi connectivity index (χ1n) is 12.2. The molecule has 0 amide bonds. The van der Waals surface area contributed by atoms with Gasteiger partial charge in [-0.2, -0.15) is 0 Å². The second-order valence-electron chi connectivity index (χ2n) is 8.94. The standard InChI is InChI=1S/C27H39ClO5/c1-4-5-8-12-25(33-19(2)29)20-14-16-21(17-15-20)27-22(23(28)18-24(27)30)11-9-6-7-10-13-26(31)32-3/h6,9,14-17,22-25,27,30H,4-5,7-8,10-13,18H2,1-3H3/b9-6-/t22-,23+,24+,25?,27+/m0/s1. The third-order valence-electron chi connectivity index (χ3n) is 6.43. The van der Waals surface area contributed by atoms with E-state index in [-0.39, 0.29) is 35.3 Å². The van der Waals surface area contributed by atoms with E-state index in [1.807, 2.05) is 24.3 Å². The number of hydrogen-bond acceptors (Lipinski definition) is 5. The van der Waals surface area contributed by atoms with Crippen LogP contribution in [-0.2, 0) is 19.1 Å². The zero-order valence-corrected chi connectivity index (χ0v) is 20.9. The molecule has 1 fully saturated rings. The molecular formula is C27H39ClO5. The highest BCUT2D eigenvalue weighted by Crippen LogP contribution is 2.45. The van der Waals surface area contributed by atoms with Crippen molar-refractivity contribution < 1.29 is 24.2 Å². The van der Waals surface area contributed by atoms with Gasteiger partial charge in [0.15, 0.2) is 0 Å². The maximum absolute atomic E-state index is 11.6. The van der Waals surface area contributed by atoms with Crippen LogP contribution in [0.2, 0.25) is 0 Å². The predicted molar refractivity (Wildman–Crippen MR) is 131 cm³/mol. The zero-order chi connectivity index (χ0) is 24.2. The first-order valence-corrected chi connectivity index (χ1v) is 12.6. The fourth-order valence-corrected chi connectivity index (χ4v) is 5.11. The predicted octanol–water partition coefficient (Wildman–Crippen LogP) is 6.23. The lowest BCUT2D eigenvalue weighted by Crippen LogP contribution is -2.18. The Balaban J connectivity index is 2.03. The van der Waals surface area contributed by atoms with Crippen molar-refractivity contribution in [1.82, 2.24) is 0 Å². The van der Waals surface area contributed by atoms with E-state index in [2.05, 4.69) is 23.8 Å². The third-order valence-corrected chi connectivity index (χ3v) is 6.93. The molecule has 1 aliphatic rings. The van der Waals surface area contributed by atoms with Crippen LogP contribution in [0.3, 0.4) is 0 Å². The number of unbranched alkanes of at least 4 members (excludes halogenated alkanes) is 3. The summed E-state index contributed by atoms with van der Waals surface area (Å²) in [5.74, 6) is -0.352. The zero-order valence-electron chi connectivity index (χ0n) is 20.2. The largest absolute Gasteiger partial charge is 0.469 e. The third kappa shape index (κ3) is 8.78. The SMILES string of the molecule is CCCCCC(OC(C)=O)c1ccc([C@@H]2[C@@H](C/C=C\CCCC(=O)OC)[C@H](Cl)C[C@H]2O)cc1. The number of hydrogen-bond donors (Lipinski definition) is 1. The molecule has 5 nitrogen and oxygen atoms in total. The molecule has 0 heterocycles. The second kappa shape index (κ2) is 14.4. The summed E-state index contributed by atoms with van der Waals surface area (Å²) in [6.45, 7) is 3.60. The first-order chi connectivity index (χ1) is 15.9. The number of halogens is 1. The van der Waals surface area contributed by atoms with E-state index < -0.39 is 6.10 Å². The van der Waals surface area contributed by atoms with Crippen LogP contribution in [0.5, 0.6) is 0 Å². The summed E-state index contributed by atoms with van der Waals surface area (Å²) in [6, 6.07) is 8.12. The highest BCUT2D eigenvalue weighted by molar-refractivity contribution is 6.21. The van der Waals surface area contributed by atoms with Gasteiger partial charge in [-0.3, -0.25) is 9.59 Å². The lowest BCUT2D eigenvalue weighted by molar-refractivity contribution is -0.147. The average Bonchev–Trinajstić information content (AvgIpc) is 3.07. The van der Waals surface area contributed by atoms with E-state index in [1.54, 1.807) is 0 Å². The van der Waals surface area contributed by atoms with E-state index in [0.717, 1.165) is 56.1 Å². The van der Waals surface area contributed by atoms with Gasteiger partial charge in [0, 0.05) is 24.6 Å². The lowest BCUT2D eigenvalue weighted by Gasteiger charge is -2.24. The molecule has 0 spiro atoms. The number of ether oxygens (including phenoxy) is 2. The van der Waals surface area contributed by atoms with Gasteiger partial charge in [-0.05, 0) is 55.6 Å². The molecule has 1 aliphatic carbocycles. The number of alkyl halides is 1. The van der Waals surface area contributed by atoms with Gasteiger partial charge in [0.05, 0.1) is 13.2 Å². The summed E-state index contributed by atoms with van der Waals surface area (Å²) in [5.41, 5.74) is 2.05. The van der Waals surface area contributed by atoms with Gasteiger partial charge in [-0.15, -0.1) is 11.6 Å². The molecule has 1 aromatic carbocycles. The molecule has 6 heteroatoms. The van der Waals surface area contributed by atoms with E-state index in [1.165, 1.54) is 14.0 Å². The normalized spacial score (nSPS) is 23.5. The van der Waals surface area contributed by atoms with Gasteiger partial charge in [0.2, 0.25) is 0 Å². The van der Waals surface area contributed by atoms with Crippen LogP contribution in [0.15, 0.2) is 36.4 Å². The number of esters is 2. The molecule has 0 aromatic heterocycles. The lowest BCUT2D eigenvalue weighted by atomic mass is 9.84. The molecular weight excluding hydrogens is 440 g/mol. The molecule has 33 heavy (non-hydrogen) atoms. The van der Waals surface area contributed by atoms with Crippen molar-refractivity contribution in [1.29, 1.82) is 0 Å². The minimum Gasteiger partial charge on any atom is -0.469 e. The van der Waals surface area contributed by atoms with Crippen molar-refractivity contribution in [3.05, 3.63) is 47.5 Å². The summed E-state index contributed by atoms with van der Waals surface area (Å²) in [7, 11) is 1.40. The Morgan fingerprint density at radius 2 is 1.91 bits per heavy atom. The molecule has 5 atom stereocenters. The summed E-state index contributed by atoms with van der Waals surface area (Å²) >= 11 is 6.62. The number of carbonyl (C=O) groups excluding carboxylic acids is 2. The van der Waals surface area contributed by atoms with Crippen LogP contribution in [0.4, 0.5) is 0 Å². The quantitative estimate of drug-likeness (QED) is 0.157. The number of methoxy groups -OCH3 is 1. The molecule has 0 bridgehead atoms. The number of aliphatic hydroxyl groups excluding tert-OH is 1. The Morgan fingerprint density at radius 3 is 2.55 bits per heavy atom. The van der Waals surface area contributed by atoms with Crippen LogP contribution < -0.4 is 0 Å². The Morgan fingerprint density at radius 1 is 1.18 bits per heavy atom. The minimum atomic E-state index is -0.482. The van der Waals surface area contributed by atoms with E-state index in [4.69, 9.17) is 16.3 Å². The van der Waals surface area contributed by atoms with Crippen LogP contribution in [0.1, 0.15) is 94.8 Å². The monoisotopic (exact) mass is 478 g/mol. The molecule has 0 aliphatic heterocycles. The summed E-state index contributed by atoms with van der Waals surface area (Å²) in [5, 5.41) is 10.6. The molecule has 1 aromatic rings. The summed E-state index contributed by atoms with van der Waals surface area (Å²) in [4.78, 5) is 22.8. The van der Waals surface area contributed by atoms with Gasteiger partial charge in [0.25, 0.3) is 0 Å². The minimum absolute atomic E-state index is 0.0338. The molecule has 1 unspecified atom stereocenters. The van der Waals surface area contributed by atoms with Gasteiger partial charge in [-0.1, -0.05) is 56.2 Å². The summed E-state index contributed by atoms with van der Waals surface area (Å²) < 4.78 is 10.2. The maximum Gasteiger partial charge on any atom is 0.305 e. The van der Waals surface area contributed by atoms with Crippen LogP contribution in [-0.4, -0.2) is 35.6 Å². The fourth-order valence-electron chi connectivity index (χ4n) is 4.67. The Kier molecular flexibility index (Phi) is 12.0. The van der Waals surface area contributed by atoms with Crippen LogP contribution in [0, 0.1) is 5.92 Å². The van der Waals surface area contributed by atoms with E-state index in [9.17, 15) is 14.7 Å². The van der Waals surface area contributed by atoms with Crippen molar-refractivity contribution >= 4 is 23.5 Å². The van der Waals surface area contributed by atoms with Crippen LogP contribution >= 0.6 is 11.6 Å². The summed E-state index contributed by atoms with van der Waals surface area (Å²) in [6.07, 6.45) is 10.9. The highest BCUT2D eigenvalue weighted by Gasteiger charge is 2.41. The number of allylic oxidation sites excluding steroid dienone is 2. The van der Waals surface area contributed by atoms with Crippen LogP contribution in [0.25, 0.3) is 0 Å². The van der Waals surface area contributed by atoms with Gasteiger partial charge >= 0.3 is 11.9 Å². The Labute approximate surface area is 203 Å². The second-order valence-corrected chi connectivity index (χ2v) is 9.51. The molecule has 0 saturated heterocycles. The Bertz CT molecular complexity index is 760. The van der Waals surface area contributed by atoms with Crippen molar-refractivity contribution in [2.45, 2.75) is 95.1 Å². The number of rotatable bonds is 13. The van der Waals surface area contributed by atoms with Crippen molar-refractivity contribution in [3.63, 3.8) is 0 Å². The number of benzene rings is 1. The fraction of sp³-hybridized carbons (Fsp3) is 0.630. The molecule has 184 valence electrons. The Hall–Kier alpha value is -1.85. The molecule has 0 radical (unpaired) electrons. The number of aliphatic hydroxyl groups is 1. The molecule has 1 N–H and O–H groups in total. The molecule has 1 saturated carbocycles. The molecule has 2 rings (SSSR count). The van der Waals surface area contributed by atoms with E-state index in [0.29, 0.717) is 12.8 Å². The smallest absolute Gasteiger partial charge is 0.305 e.